The van der Waals surface area contributed by atoms with Gasteiger partial charge >= 0.3 is 0 Å². The largest absolute Gasteiger partial charge is 0.497 e. The summed E-state index contributed by atoms with van der Waals surface area (Å²) in [6, 6.07) is 21.8. The van der Waals surface area contributed by atoms with Crippen LogP contribution in [0.25, 0.3) is 11.3 Å². The zero-order chi connectivity index (χ0) is 27.9. The van der Waals surface area contributed by atoms with Crippen LogP contribution in [-0.4, -0.2) is 71.6 Å². The molecule has 1 saturated heterocycles. The highest BCUT2D eigenvalue weighted by Gasteiger charge is 2.26. The Kier molecular flexibility index (Phi) is 8.61. The first kappa shape index (κ1) is 27.2. The number of anilines is 1. The Morgan fingerprint density at radius 3 is 2.60 bits per heavy atom. The third-order valence-electron chi connectivity index (χ3n) is 6.83. The molecule has 0 N–H and O–H groups in total. The van der Waals surface area contributed by atoms with Gasteiger partial charge in [0.2, 0.25) is 5.91 Å². The molecule has 0 spiro atoms. The van der Waals surface area contributed by atoms with Gasteiger partial charge in [0.1, 0.15) is 18.1 Å². The lowest BCUT2D eigenvalue weighted by Gasteiger charge is -2.27. The summed E-state index contributed by atoms with van der Waals surface area (Å²) in [7, 11) is 1.55. The van der Waals surface area contributed by atoms with Crippen LogP contribution in [0, 0.1) is 0 Å². The third-order valence-corrected chi connectivity index (χ3v) is 7.16. The number of amides is 2. The molecule has 1 aliphatic heterocycles. The molecule has 0 saturated carbocycles. The van der Waals surface area contributed by atoms with E-state index in [1.165, 1.54) is 4.90 Å². The molecule has 4 aromatic rings. The number of ether oxygens (including phenoxy) is 1. The Balaban J connectivity index is 1.25. The van der Waals surface area contributed by atoms with Crippen molar-refractivity contribution in [3.63, 3.8) is 0 Å². The highest BCUT2D eigenvalue weighted by Crippen LogP contribution is 2.26. The lowest BCUT2D eigenvalue weighted by molar-refractivity contribution is -0.131. The van der Waals surface area contributed by atoms with Crippen LogP contribution in [0.5, 0.6) is 5.75 Å². The average molecular weight is 560 g/mol. The highest BCUT2D eigenvalue weighted by molar-refractivity contribution is 6.33. The van der Waals surface area contributed by atoms with Crippen LogP contribution in [0.3, 0.4) is 0 Å². The molecule has 9 nitrogen and oxygen atoms in total. The summed E-state index contributed by atoms with van der Waals surface area (Å²) in [5.74, 6) is 1.53. The van der Waals surface area contributed by atoms with Crippen molar-refractivity contribution in [1.29, 1.82) is 0 Å². The fourth-order valence-electron chi connectivity index (χ4n) is 4.69. The lowest BCUT2D eigenvalue weighted by Crippen LogP contribution is -2.44. The molecule has 3 heterocycles. The number of aromatic nitrogens is 2. The topological polar surface area (TPSA) is 92.0 Å². The quantitative estimate of drug-likeness (QED) is 0.307. The van der Waals surface area contributed by atoms with Crippen LogP contribution in [0.4, 0.5) is 5.82 Å². The van der Waals surface area contributed by atoms with Gasteiger partial charge in [0.15, 0.2) is 5.82 Å². The maximum atomic E-state index is 13.4. The molecule has 10 heteroatoms. The second-order valence-electron chi connectivity index (χ2n) is 9.45. The molecule has 2 aromatic carbocycles. The smallest absolute Gasteiger partial charge is 0.254 e. The second-order valence-corrected chi connectivity index (χ2v) is 9.86. The monoisotopic (exact) mass is 559 g/mol. The SMILES string of the molecule is COc1cccc(C(=O)N(CC(=O)N2CCCN(c3ccc(-c4ccccc4Cl)nn3)CC2)Cc2ccco2)c1. The minimum absolute atomic E-state index is 0.0664. The van der Waals surface area contributed by atoms with E-state index in [2.05, 4.69) is 15.1 Å². The van der Waals surface area contributed by atoms with Gasteiger partial charge in [-0.2, -0.15) is 0 Å². The maximum absolute atomic E-state index is 13.4. The van der Waals surface area contributed by atoms with E-state index >= 15 is 0 Å². The molecule has 40 heavy (non-hydrogen) atoms. The summed E-state index contributed by atoms with van der Waals surface area (Å²) < 4.78 is 10.8. The number of methoxy groups -OCH3 is 1. The van der Waals surface area contributed by atoms with Crippen LogP contribution >= 0.6 is 11.6 Å². The van der Waals surface area contributed by atoms with E-state index in [0.717, 1.165) is 24.3 Å². The van der Waals surface area contributed by atoms with Crippen LogP contribution < -0.4 is 9.64 Å². The lowest BCUT2D eigenvalue weighted by atomic mass is 10.1. The molecule has 1 aliphatic rings. The van der Waals surface area contributed by atoms with Crippen molar-refractivity contribution < 1.29 is 18.7 Å². The minimum atomic E-state index is -0.269. The Hall–Kier alpha value is -4.37. The van der Waals surface area contributed by atoms with E-state index in [1.807, 2.05) is 36.4 Å². The Morgan fingerprint density at radius 2 is 1.85 bits per heavy atom. The van der Waals surface area contributed by atoms with E-state index in [1.54, 1.807) is 54.7 Å². The summed E-state index contributed by atoms with van der Waals surface area (Å²) in [5.41, 5.74) is 1.98. The van der Waals surface area contributed by atoms with Gasteiger partial charge in [-0.25, -0.2) is 0 Å². The number of rotatable bonds is 8. The van der Waals surface area contributed by atoms with E-state index in [-0.39, 0.29) is 24.9 Å². The van der Waals surface area contributed by atoms with E-state index in [4.69, 9.17) is 20.8 Å². The van der Waals surface area contributed by atoms with Gasteiger partial charge in [-0.15, -0.1) is 10.2 Å². The van der Waals surface area contributed by atoms with Crippen molar-refractivity contribution in [1.82, 2.24) is 20.0 Å². The second kappa shape index (κ2) is 12.7. The molecule has 0 aliphatic carbocycles. The first-order valence-corrected chi connectivity index (χ1v) is 13.5. The number of furan rings is 1. The number of nitrogens with zero attached hydrogens (tertiary/aromatic N) is 5. The minimum Gasteiger partial charge on any atom is -0.497 e. The van der Waals surface area contributed by atoms with E-state index in [9.17, 15) is 9.59 Å². The van der Waals surface area contributed by atoms with Crippen molar-refractivity contribution in [3.8, 4) is 17.0 Å². The average Bonchev–Trinajstić information content (AvgIpc) is 3.38. The van der Waals surface area contributed by atoms with Gasteiger partial charge in [0.25, 0.3) is 5.91 Å². The molecule has 0 bridgehead atoms. The first-order chi connectivity index (χ1) is 19.5. The van der Waals surface area contributed by atoms with Crippen LogP contribution in [0.15, 0.2) is 83.5 Å². The van der Waals surface area contributed by atoms with Crippen molar-refractivity contribution in [2.24, 2.45) is 0 Å². The summed E-state index contributed by atoms with van der Waals surface area (Å²) in [4.78, 5) is 32.3. The molecule has 2 amide bonds. The number of carbonyl (C=O) groups excluding carboxylic acids is 2. The Labute approximate surface area is 237 Å². The van der Waals surface area contributed by atoms with Crippen molar-refractivity contribution in [2.45, 2.75) is 13.0 Å². The number of benzene rings is 2. The number of halogens is 1. The third kappa shape index (κ3) is 6.43. The molecule has 1 fully saturated rings. The normalized spacial score (nSPS) is 13.6. The van der Waals surface area contributed by atoms with Gasteiger partial charge in [0.05, 0.1) is 30.6 Å². The van der Waals surface area contributed by atoms with Crippen molar-refractivity contribution >= 4 is 29.2 Å². The molecule has 2 aromatic heterocycles. The van der Waals surface area contributed by atoms with Crippen LogP contribution in [0.2, 0.25) is 5.02 Å². The zero-order valence-electron chi connectivity index (χ0n) is 22.2. The molecular weight excluding hydrogens is 530 g/mol. The predicted molar refractivity (Wildman–Crippen MR) is 152 cm³/mol. The summed E-state index contributed by atoms with van der Waals surface area (Å²) in [6.45, 7) is 2.55. The van der Waals surface area contributed by atoms with Gasteiger partial charge in [-0.3, -0.25) is 9.59 Å². The van der Waals surface area contributed by atoms with Gasteiger partial charge in [-0.05, 0) is 55.0 Å². The molecule has 0 radical (unpaired) electrons. The molecule has 206 valence electrons. The van der Waals surface area contributed by atoms with E-state index < -0.39 is 0 Å². The summed E-state index contributed by atoms with van der Waals surface area (Å²) in [6.07, 6.45) is 2.32. The Bertz CT molecular complexity index is 1440. The van der Waals surface area contributed by atoms with Gasteiger partial charge in [-0.1, -0.05) is 35.9 Å². The molecule has 0 atom stereocenters. The number of carbonyl (C=O) groups is 2. The van der Waals surface area contributed by atoms with Crippen molar-refractivity contribution in [3.05, 3.63) is 95.4 Å². The summed E-state index contributed by atoms with van der Waals surface area (Å²) >= 11 is 6.31. The molecule has 5 rings (SSSR count). The summed E-state index contributed by atoms with van der Waals surface area (Å²) in [5, 5.41) is 9.44. The van der Waals surface area contributed by atoms with Crippen molar-refractivity contribution in [2.75, 3.05) is 44.7 Å². The van der Waals surface area contributed by atoms with Gasteiger partial charge < -0.3 is 23.9 Å². The predicted octanol–water partition coefficient (Wildman–Crippen LogP) is 4.78. The zero-order valence-corrected chi connectivity index (χ0v) is 23.0. The van der Waals surface area contributed by atoms with Gasteiger partial charge in [0, 0.05) is 37.3 Å². The Morgan fingerprint density at radius 1 is 0.975 bits per heavy atom. The van der Waals surface area contributed by atoms with E-state index in [0.29, 0.717) is 47.4 Å². The standard InChI is InChI=1S/C30H30ClN5O4/c1-39-23-8-4-7-22(19-23)30(38)36(20-24-9-5-18-40-24)21-29(37)35-15-6-14-34(16-17-35)28-13-12-27(32-33-28)25-10-2-3-11-26(25)31/h2-5,7-13,18-19H,6,14-17,20-21H2,1H3. The van der Waals surface area contributed by atoms with Crippen LogP contribution in [-0.2, 0) is 11.3 Å². The molecular formula is C30H30ClN5O4. The highest BCUT2D eigenvalue weighted by atomic mass is 35.5. The fraction of sp³-hybridized carbons (Fsp3) is 0.267. The molecule has 0 unspecified atom stereocenters. The maximum Gasteiger partial charge on any atom is 0.254 e. The number of hydrogen-bond donors (Lipinski definition) is 0. The van der Waals surface area contributed by atoms with Crippen LogP contribution in [0.1, 0.15) is 22.5 Å². The fourth-order valence-corrected chi connectivity index (χ4v) is 4.93. The first-order valence-electron chi connectivity index (χ1n) is 13.1. The number of hydrogen-bond acceptors (Lipinski definition) is 7.